The predicted octanol–water partition coefficient (Wildman–Crippen LogP) is 17.5. The zero-order chi connectivity index (χ0) is 45.0. The largest absolute Gasteiger partial charge is 0.456 e. The molecule has 0 aliphatic rings. The van der Waals surface area contributed by atoms with Crippen molar-refractivity contribution in [3.05, 3.63) is 237 Å². The van der Waals surface area contributed by atoms with Gasteiger partial charge in [-0.3, -0.25) is 0 Å². The van der Waals surface area contributed by atoms with Gasteiger partial charge in [0.2, 0.25) is 0 Å². The SMILES string of the molecule is c1ccc(-c2cc(-c3ccccc3)cc(-c3ccc4c(c3)oc3cccc(-c5nc(-c6ccccc6)nc(-c6ccccc6-c6ccccc6-c6cccc7c6sc6ccccc67)n5)c34)c2)cc1. The van der Waals surface area contributed by atoms with Gasteiger partial charge in [-0.1, -0.05) is 194 Å². The van der Waals surface area contributed by atoms with Crippen molar-refractivity contribution in [3.63, 3.8) is 0 Å². The van der Waals surface area contributed by atoms with Crippen molar-refractivity contribution in [2.75, 3.05) is 0 Å². The molecule has 0 atom stereocenters. The molecule has 4 nitrogen and oxygen atoms in total. The highest BCUT2D eigenvalue weighted by molar-refractivity contribution is 7.26. The summed E-state index contributed by atoms with van der Waals surface area (Å²) in [6.45, 7) is 0. The third kappa shape index (κ3) is 6.96. The van der Waals surface area contributed by atoms with E-state index in [1.54, 1.807) is 0 Å². The molecule has 0 N–H and O–H groups in total. The van der Waals surface area contributed by atoms with Gasteiger partial charge in [0.05, 0.1) is 0 Å². The smallest absolute Gasteiger partial charge is 0.164 e. The van der Waals surface area contributed by atoms with Crippen molar-refractivity contribution in [1.82, 2.24) is 15.0 Å². The van der Waals surface area contributed by atoms with Crippen LogP contribution in [0.2, 0.25) is 0 Å². The van der Waals surface area contributed by atoms with Crippen LogP contribution >= 0.6 is 11.3 Å². The topological polar surface area (TPSA) is 51.8 Å². The molecule has 68 heavy (non-hydrogen) atoms. The first-order chi connectivity index (χ1) is 33.7. The Bertz CT molecular complexity index is 3970. The number of hydrogen-bond acceptors (Lipinski definition) is 5. The molecule has 13 aromatic rings. The van der Waals surface area contributed by atoms with Crippen LogP contribution in [0.5, 0.6) is 0 Å². The van der Waals surface area contributed by atoms with E-state index in [0.717, 1.165) is 77.6 Å². The number of benzene rings is 10. The van der Waals surface area contributed by atoms with Crippen molar-refractivity contribution in [2.24, 2.45) is 0 Å². The van der Waals surface area contributed by atoms with Crippen molar-refractivity contribution < 1.29 is 4.42 Å². The van der Waals surface area contributed by atoms with E-state index in [2.05, 4.69) is 206 Å². The maximum Gasteiger partial charge on any atom is 0.164 e. The summed E-state index contributed by atoms with van der Waals surface area (Å²) in [4.78, 5) is 15.9. The fourth-order valence-corrected chi connectivity index (χ4v) is 11.0. The van der Waals surface area contributed by atoms with Crippen LogP contribution in [0.4, 0.5) is 0 Å². The lowest BCUT2D eigenvalue weighted by Gasteiger charge is -2.15. The van der Waals surface area contributed by atoms with Crippen LogP contribution in [0.3, 0.4) is 0 Å². The molecule has 0 saturated carbocycles. The zero-order valence-corrected chi connectivity index (χ0v) is 37.5. The molecule has 0 amide bonds. The van der Waals surface area contributed by atoms with Crippen molar-refractivity contribution in [2.45, 2.75) is 0 Å². The van der Waals surface area contributed by atoms with Crippen LogP contribution in [0.25, 0.3) is 132 Å². The third-order valence-corrected chi connectivity index (χ3v) is 14.2. The fourth-order valence-electron chi connectivity index (χ4n) is 9.74. The first-order valence-corrected chi connectivity index (χ1v) is 23.6. The summed E-state index contributed by atoms with van der Waals surface area (Å²) in [7, 11) is 0. The number of fused-ring (bicyclic) bond motifs is 6. The Labute approximate surface area is 397 Å². The van der Waals surface area contributed by atoms with Gasteiger partial charge in [-0.15, -0.1) is 11.3 Å². The highest BCUT2D eigenvalue weighted by Crippen LogP contribution is 2.45. The number of thiophene rings is 1. The van der Waals surface area contributed by atoms with Crippen molar-refractivity contribution in [3.8, 4) is 89.8 Å². The van der Waals surface area contributed by atoms with Crippen LogP contribution in [-0.4, -0.2) is 15.0 Å². The normalized spacial score (nSPS) is 11.5. The fraction of sp³-hybridized carbons (Fsp3) is 0. The molecule has 318 valence electrons. The molecule has 0 radical (unpaired) electrons. The van der Waals surface area contributed by atoms with Gasteiger partial charge in [-0.05, 0) is 92.5 Å². The van der Waals surface area contributed by atoms with E-state index in [1.807, 2.05) is 41.7 Å². The van der Waals surface area contributed by atoms with E-state index in [4.69, 9.17) is 19.4 Å². The van der Waals surface area contributed by atoms with Crippen LogP contribution in [0.1, 0.15) is 0 Å². The molecule has 0 unspecified atom stereocenters. The standard InChI is InChI=1S/C63H39N3OS/c1-4-18-40(19-5-1)44-36-45(41-20-6-2-7-21-41)38-46(37-44)43-34-35-54-57(39-43)67-56-32-17-31-55(59(54)56)63-65-61(42-22-8-3-9-23-42)64-62(66-63)53-28-13-12-26-49(53)47-24-10-11-25-48(47)51-29-16-30-52-50-27-14-15-33-58(50)68-60(51)52/h1-39H. The third-order valence-electron chi connectivity index (χ3n) is 13.0. The molecule has 3 aromatic heterocycles. The van der Waals surface area contributed by atoms with Gasteiger partial charge >= 0.3 is 0 Å². The molecule has 0 bridgehead atoms. The molecule has 0 aliphatic carbocycles. The number of hydrogen-bond donors (Lipinski definition) is 0. The number of aromatic nitrogens is 3. The zero-order valence-electron chi connectivity index (χ0n) is 36.7. The minimum Gasteiger partial charge on any atom is -0.456 e. The average Bonchev–Trinajstić information content (AvgIpc) is 4.00. The van der Waals surface area contributed by atoms with E-state index in [1.165, 1.54) is 36.9 Å². The molecule has 13 rings (SSSR count). The second kappa shape index (κ2) is 16.6. The molecule has 10 aromatic carbocycles. The van der Waals surface area contributed by atoms with E-state index < -0.39 is 0 Å². The van der Waals surface area contributed by atoms with Gasteiger partial charge in [-0.2, -0.15) is 0 Å². The quantitative estimate of drug-likeness (QED) is 0.153. The molecular formula is C63H39N3OS. The second-order valence-electron chi connectivity index (χ2n) is 17.1. The second-order valence-corrected chi connectivity index (χ2v) is 18.1. The summed E-state index contributed by atoms with van der Waals surface area (Å²) < 4.78 is 9.31. The van der Waals surface area contributed by atoms with E-state index >= 15 is 0 Å². The lowest BCUT2D eigenvalue weighted by atomic mass is 9.91. The maximum absolute atomic E-state index is 6.75. The van der Waals surface area contributed by atoms with Gasteiger partial charge in [0.25, 0.3) is 0 Å². The lowest BCUT2D eigenvalue weighted by molar-refractivity contribution is 0.669. The summed E-state index contributed by atoms with van der Waals surface area (Å²) in [5, 5.41) is 4.51. The minimum atomic E-state index is 0.576. The Kier molecular flexibility index (Phi) is 9.66. The van der Waals surface area contributed by atoms with E-state index in [9.17, 15) is 0 Å². The summed E-state index contributed by atoms with van der Waals surface area (Å²) >= 11 is 1.85. The van der Waals surface area contributed by atoms with E-state index in [0.29, 0.717) is 17.5 Å². The Hall–Kier alpha value is -8.77. The van der Waals surface area contributed by atoms with Gasteiger partial charge in [-0.25, -0.2) is 15.0 Å². The Morgan fingerprint density at radius 2 is 0.765 bits per heavy atom. The summed E-state index contributed by atoms with van der Waals surface area (Å²) in [6, 6.07) is 83.4. The molecule has 0 spiro atoms. The summed E-state index contributed by atoms with van der Waals surface area (Å²) in [5.41, 5.74) is 15.6. The van der Waals surface area contributed by atoms with Crippen LogP contribution in [0.15, 0.2) is 241 Å². The Morgan fingerprint density at radius 3 is 1.46 bits per heavy atom. The predicted molar refractivity (Wildman–Crippen MR) is 283 cm³/mol. The van der Waals surface area contributed by atoms with Crippen molar-refractivity contribution in [1.29, 1.82) is 0 Å². The summed E-state index contributed by atoms with van der Waals surface area (Å²) in [6.07, 6.45) is 0. The first kappa shape index (κ1) is 39.6. The van der Waals surface area contributed by atoms with E-state index in [-0.39, 0.29) is 0 Å². The highest BCUT2D eigenvalue weighted by atomic mass is 32.1. The molecule has 3 heterocycles. The van der Waals surface area contributed by atoms with Gasteiger partial charge < -0.3 is 4.42 Å². The highest BCUT2D eigenvalue weighted by Gasteiger charge is 2.22. The molecule has 0 aliphatic heterocycles. The molecule has 0 saturated heterocycles. The van der Waals surface area contributed by atoms with Crippen LogP contribution < -0.4 is 0 Å². The summed E-state index contributed by atoms with van der Waals surface area (Å²) in [5.74, 6) is 1.77. The number of rotatable bonds is 8. The molecule has 5 heteroatoms. The Morgan fingerprint density at radius 1 is 0.279 bits per heavy atom. The van der Waals surface area contributed by atoms with Crippen LogP contribution in [-0.2, 0) is 0 Å². The number of nitrogens with zero attached hydrogens (tertiary/aromatic N) is 3. The van der Waals surface area contributed by atoms with Crippen LogP contribution in [0, 0.1) is 0 Å². The van der Waals surface area contributed by atoms with Gasteiger partial charge in [0.15, 0.2) is 17.5 Å². The molecular weight excluding hydrogens is 847 g/mol. The van der Waals surface area contributed by atoms with Gasteiger partial charge in [0, 0.05) is 53.2 Å². The lowest BCUT2D eigenvalue weighted by Crippen LogP contribution is -2.01. The number of furan rings is 1. The van der Waals surface area contributed by atoms with Crippen molar-refractivity contribution >= 4 is 53.4 Å². The maximum atomic E-state index is 6.75. The minimum absolute atomic E-state index is 0.576. The first-order valence-electron chi connectivity index (χ1n) is 22.8. The average molecular weight is 886 g/mol. The monoisotopic (exact) mass is 885 g/mol. The molecule has 0 fully saturated rings. The Balaban J connectivity index is 0.963. The van der Waals surface area contributed by atoms with Gasteiger partial charge in [0.1, 0.15) is 11.2 Å².